The summed E-state index contributed by atoms with van der Waals surface area (Å²) in [4.78, 5) is 58.1. The van der Waals surface area contributed by atoms with Crippen molar-refractivity contribution in [2.75, 3.05) is 33.3 Å². The number of hydrogen-bond donors (Lipinski definition) is 2. The van der Waals surface area contributed by atoms with Crippen LogP contribution >= 0.6 is 0 Å². The van der Waals surface area contributed by atoms with Crippen LogP contribution in [0.4, 0.5) is 4.39 Å². The van der Waals surface area contributed by atoms with Gasteiger partial charge in [0.05, 0.1) is 30.6 Å². The lowest BCUT2D eigenvalue weighted by Crippen LogP contribution is -2.55. The Bertz CT molecular complexity index is 1890. The summed E-state index contributed by atoms with van der Waals surface area (Å²) in [6, 6.07) is 21.7. The van der Waals surface area contributed by atoms with Crippen molar-refractivity contribution < 1.29 is 28.3 Å². The fourth-order valence-corrected chi connectivity index (χ4v) is 6.62. The largest absolute Gasteiger partial charge is 0.497 e. The Hall–Kier alpha value is -5.52. The maximum absolute atomic E-state index is 14.9. The topological polar surface area (TPSA) is 126 Å². The average Bonchev–Trinajstić information content (AvgIpc) is 3.82. The summed E-state index contributed by atoms with van der Waals surface area (Å²) >= 11 is 0. The number of hydrogen-bond acceptors (Lipinski definition) is 6. The highest BCUT2D eigenvalue weighted by atomic mass is 19.1. The van der Waals surface area contributed by atoms with Crippen LogP contribution in [0.25, 0.3) is 16.9 Å². The smallest absolute Gasteiger partial charge is 0.274 e. The second kappa shape index (κ2) is 15.6. The molecule has 2 atom stereocenters. The Morgan fingerprint density at radius 1 is 0.980 bits per heavy atom. The summed E-state index contributed by atoms with van der Waals surface area (Å²) in [6.45, 7) is 4.23. The van der Waals surface area contributed by atoms with Gasteiger partial charge in [0.1, 0.15) is 17.6 Å². The Balaban J connectivity index is 1.34. The highest BCUT2D eigenvalue weighted by Gasteiger charge is 2.37. The first-order valence-electron chi connectivity index (χ1n) is 17.4. The van der Waals surface area contributed by atoms with Crippen LogP contribution in [0, 0.1) is 11.7 Å². The van der Waals surface area contributed by atoms with E-state index in [0.717, 1.165) is 11.1 Å². The monoisotopic (exact) mass is 694 g/mol. The Morgan fingerprint density at radius 2 is 1.75 bits per heavy atom. The van der Waals surface area contributed by atoms with Gasteiger partial charge in [-0.2, -0.15) is 5.10 Å². The molecule has 12 heteroatoms. The van der Waals surface area contributed by atoms with E-state index in [1.165, 1.54) is 21.9 Å². The summed E-state index contributed by atoms with van der Waals surface area (Å²) in [5, 5.41) is 10.7. The first-order valence-corrected chi connectivity index (χ1v) is 17.4. The SMILES string of the molecule is COc1ccc(-n2nc(C(=O)N3CC(=O)NCCCc4ccc(F)c(c4)C(=O)N4CCC[C@H]4C(=O)N[C@H](C(C)C)C3)cc2-c2ccccc2)cc1. The molecule has 11 nitrogen and oxygen atoms in total. The van der Waals surface area contributed by atoms with Crippen LogP contribution < -0.4 is 15.4 Å². The number of amides is 4. The second-order valence-corrected chi connectivity index (χ2v) is 13.4. The van der Waals surface area contributed by atoms with E-state index in [0.29, 0.717) is 55.9 Å². The molecule has 3 aromatic carbocycles. The predicted molar refractivity (Wildman–Crippen MR) is 190 cm³/mol. The van der Waals surface area contributed by atoms with Crippen LogP contribution in [0.15, 0.2) is 78.9 Å². The van der Waals surface area contributed by atoms with E-state index in [1.54, 1.807) is 23.9 Å². The van der Waals surface area contributed by atoms with Gasteiger partial charge >= 0.3 is 0 Å². The Kier molecular flexibility index (Phi) is 10.8. The van der Waals surface area contributed by atoms with Gasteiger partial charge in [0.15, 0.2) is 5.69 Å². The lowest BCUT2D eigenvalue weighted by molar-refractivity contribution is -0.126. The number of rotatable bonds is 5. The van der Waals surface area contributed by atoms with Crippen molar-refractivity contribution in [1.82, 2.24) is 30.2 Å². The van der Waals surface area contributed by atoms with Crippen molar-refractivity contribution in [1.29, 1.82) is 0 Å². The van der Waals surface area contributed by atoms with Crippen molar-refractivity contribution in [3.63, 3.8) is 0 Å². The van der Waals surface area contributed by atoms with Gasteiger partial charge < -0.3 is 25.2 Å². The van der Waals surface area contributed by atoms with Gasteiger partial charge in [0.25, 0.3) is 11.8 Å². The predicted octanol–water partition coefficient (Wildman–Crippen LogP) is 4.64. The molecule has 2 N–H and O–H groups in total. The number of halogens is 1. The maximum Gasteiger partial charge on any atom is 0.274 e. The van der Waals surface area contributed by atoms with Crippen molar-refractivity contribution in [2.24, 2.45) is 5.92 Å². The molecular weight excluding hydrogens is 651 g/mol. The van der Waals surface area contributed by atoms with Gasteiger partial charge in [-0.05, 0) is 79.6 Å². The van der Waals surface area contributed by atoms with Crippen LogP contribution in [0.3, 0.4) is 0 Å². The van der Waals surface area contributed by atoms with Gasteiger partial charge in [-0.3, -0.25) is 19.2 Å². The van der Waals surface area contributed by atoms with E-state index in [9.17, 15) is 23.6 Å². The lowest BCUT2D eigenvalue weighted by Gasteiger charge is -2.32. The number of nitrogens with zero attached hydrogens (tertiary/aromatic N) is 4. The molecule has 266 valence electrons. The van der Waals surface area contributed by atoms with Crippen LogP contribution in [-0.2, 0) is 16.0 Å². The molecule has 6 rings (SSSR count). The molecule has 0 spiro atoms. The van der Waals surface area contributed by atoms with Gasteiger partial charge in [-0.15, -0.1) is 0 Å². The van der Waals surface area contributed by atoms with E-state index in [-0.39, 0.29) is 42.1 Å². The molecule has 2 bridgehead atoms. The molecule has 4 aromatic rings. The van der Waals surface area contributed by atoms with Gasteiger partial charge in [0, 0.05) is 31.2 Å². The number of aryl methyl sites for hydroxylation is 1. The van der Waals surface area contributed by atoms with E-state index in [1.807, 2.05) is 68.4 Å². The molecule has 1 saturated heterocycles. The van der Waals surface area contributed by atoms with Crippen LogP contribution in [0.1, 0.15) is 59.5 Å². The molecule has 0 aliphatic carbocycles. The van der Waals surface area contributed by atoms with Gasteiger partial charge in [-0.25, -0.2) is 9.07 Å². The quantitative estimate of drug-likeness (QED) is 0.314. The van der Waals surface area contributed by atoms with Gasteiger partial charge in [-0.1, -0.05) is 50.2 Å². The zero-order valence-electron chi connectivity index (χ0n) is 29.1. The molecule has 0 unspecified atom stereocenters. The molecule has 51 heavy (non-hydrogen) atoms. The van der Waals surface area contributed by atoms with Crippen LogP contribution in [-0.4, -0.2) is 88.6 Å². The van der Waals surface area contributed by atoms with E-state index >= 15 is 0 Å². The average molecular weight is 695 g/mol. The van der Waals surface area contributed by atoms with Gasteiger partial charge in [0.2, 0.25) is 11.8 Å². The maximum atomic E-state index is 14.9. The number of aromatic nitrogens is 2. The fraction of sp³-hybridized carbons (Fsp3) is 0.359. The molecule has 1 fully saturated rings. The fourth-order valence-electron chi connectivity index (χ4n) is 6.62. The second-order valence-electron chi connectivity index (χ2n) is 13.4. The number of carbonyl (C=O) groups is 4. The molecule has 4 amide bonds. The van der Waals surface area contributed by atoms with Crippen molar-refractivity contribution in [3.8, 4) is 22.7 Å². The molecule has 0 saturated carbocycles. The van der Waals surface area contributed by atoms with Crippen LogP contribution in [0.5, 0.6) is 5.75 Å². The Morgan fingerprint density at radius 3 is 2.47 bits per heavy atom. The minimum atomic E-state index is -0.793. The van der Waals surface area contributed by atoms with Crippen molar-refractivity contribution >= 4 is 23.6 Å². The lowest BCUT2D eigenvalue weighted by atomic mass is 10.0. The number of nitrogens with one attached hydrogen (secondary N) is 2. The summed E-state index contributed by atoms with van der Waals surface area (Å²) in [5.41, 5.74) is 3.04. The number of benzene rings is 3. The molecular formula is C39H43FN6O5. The highest BCUT2D eigenvalue weighted by molar-refractivity contribution is 5.99. The van der Waals surface area contributed by atoms with Crippen molar-refractivity contribution in [3.05, 3.63) is 102 Å². The first kappa shape index (κ1) is 35.3. The van der Waals surface area contributed by atoms with Crippen molar-refractivity contribution in [2.45, 2.75) is 51.6 Å². The number of methoxy groups -OCH3 is 1. The number of fused-ring (bicyclic) bond motifs is 3. The molecule has 2 aliphatic heterocycles. The highest BCUT2D eigenvalue weighted by Crippen LogP contribution is 2.27. The van der Waals surface area contributed by atoms with E-state index < -0.39 is 29.7 Å². The van der Waals surface area contributed by atoms with E-state index in [2.05, 4.69) is 10.6 Å². The summed E-state index contributed by atoms with van der Waals surface area (Å²) in [7, 11) is 1.59. The molecule has 1 aromatic heterocycles. The third-order valence-corrected chi connectivity index (χ3v) is 9.53. The minimum absolute atomic E-state index is 0.0157. The number of carbonyl (C=O) groups excluding carboxylic acids is 4. The standard InChI is InChI=1S/C39H43FN6O5/c1-25(2)33-23-44(39(50)32-22-35(27-10-5-4-6-11-27)46(43-32)28-14-16-29(51-3)17-15-28)24-36(47)41-19-7-9-26-13-18-31(40)30(21-26)38(49)45-20-8-12-34(45)37(48)42-33/h4-6,10-11,13-18,21-22,25,33-34H,7-9,12,19-20,23-24H2,1-3H3,(H,41,47)(H,42,48)/t33-,34-/m0/s1. The number of ether oxygens (including phenoxy) is 1. The minimum Gasteiger partial charge on any atom is -0.497 e. The summed E-state index contributed by atoms with van der Waals surface area (Å²) in [6.07, 6.45) is 2.06. The normalized spacial score (nSPS) is 19.0. The molecule has 3 heterocycles. The summed E-state index contributed by atoms with van der Waals surface area (Å²) in [5.74, 6) is -1.86. The zero-order chi connectivity index (χ0) is 36.1. The van der Waals surface area contributed by atoms with Crippen LogP contribution in [0.2, 0.25) is 0 Å². The Labute approximate surface area is 296 Å². The van der Waals surface area contributed by atoms with E-state index in [4.69, 9.17) is 9.84 Å². The third kappa shape index (κ3) is 7.95. The molecule has 0 radical (unpaired) electrons. The first-order chi connectivity index (χ1) is 24.6. The molecule has 2 aliphatic rings. The zero-order valence-corrected chi connectivity index (χ0v) is 29.1. The summed E-state index contributed by atoms with van der Waals surface area (Å²) < 4.78 is 21.9. The third-order valence-electron chi connectivity index (χ3n) is 9.53.